The van der Waals surface area contributed by atoms with Gasteiger partial charge in [-0.1, -0.05) is 6.07 Å². The minimum Gasteiger partial charge on any atom is -0.504 e. The molecule has 0 bridgehead atoms. The van der Waals surface area contributed by atoms with Crippen molar-refractivity contribution in [1.82, 2.24) is 14.9 Å². The lowest BCUT2D eigenvalue weighted by molar-refractivity contribution is 0.239. The van der Waals surface area contributed by atoms with Crippen molar-refractivity contribution < 1.29 is 9.84 Å². The molecule has 2 aliphatic rings. The van der Waals surface area contributed by atoms with Crippen molar-refractivity contribution in [2.45, 2.75) is 58.7 Å². The van der Waals surface area contributed by atoms with Crippen LogP contribution in [0.5, 0.6) is 11.5 Å². The van der Waals surface area contributed by atoms with E-state index < -0.39 is 0 Å². The predicted molar refractivity (Wildman–Crippen MR) is 113 cm³/mol. The molecule has 156 valence electrons. The lowest BCUT2D eigenvalue weighted by Gasteiger charge is -2.35. The van der Waals surface area contributed by atoms with Crippen LogP contribution in [0.1, 0.15) is 49.9 Å². The predicted octanol–water partition coefficient (Wildman–Crippen LogP) is 2.81. The number of fused-ring (bicyclic) bond motifs is 1. The third-order valence-corrected chi connectivity index (χ3v) is 5.95. The molecule has 0 spiro atoms. The first kappa shape index (κ1) is 19.8. The summed E-state index contributed by atoms with van der Waals surface area (Å²) < 4.78 is 5.50. The molecule has 0 saturated carbocycles. The fraction of sp³-hybridized carbons (Fsp3) is 0.545. The summed E-state index contributed by atoms with van der Waals surface area (Å²) in [6, 6.07) is 5.88. The van der Waals surface area contributed by atoms with Crippen LogP contribution in [0.2, 0.25) is 0 Å². The maximum absolute atomic E-state index is 12.7. The number of nitrogens with one attached hydrogen (secondary N) is 1. The number of benzene rings is 1. The minimum atomic E-state index is 0.00527. The van der Waals surface area contributed by atoms with Crippen LogP contribution in [-0.4, -0.2) is 45.7 Å². The molecule has 7 nitrogen and oxygen atoms in total. The number of hydrogen-bond donors (Lipinski definition) is 2. The van der Waals surface area contributed by atoms with Crippen LogP contribution >= 0.6 is 0 Å². The number of aromatic amines is 1. The Labute approximate surface area is 171 Å². The highest BCUT2D eigenvalue weighted by Crippen LogP contribution is 2.28. The summed E-state index contributed by atoms with van der Waals surface area (Å²) in [4.78, 5) is 25.1. The summed E-state index contributed by atoms with van der Waals surface area (Å²) in [5.41, 5.74) is 2.78. The average Bonchev–Trinajstić information content (AvgIpc) is 2.71. The highest BCUT2D eigenvalue weighted by Gasteiger charge is 2.25. The number of hydrogen-bond acceptors (Lipinski definition) is 6. The molecule has 1 aromatic heterocycles. The van der Waals surface area contributed by atoms with E-state index in [1.54, 1.807) is 6.07 Å². The third kappa shape index (κ3) is 4.24. The van der Waals surface area contributed by atoms with Gasteiger partial charge in [0, 0.05) is 37.8 Å². The molecule has 1 unspecified atom stereocenters. The SMILES string of the molecule is CCOc1cc(CN2CCc3c(nc(N4CCCCC4C)[nH]c3=O)C2)ccc1O. The van der Waals surface area contributed by atoms with E-state index in [1.807, 2.05) is 19.1 Å². The first-order valence-electron chi connectivity index (χ1n) is 10.6. The van der Waals surface area contributed by atoms with Crippen molar-refractivity contribution in [1.29, 1.82) is 0 Å². The van der Waals surface area contributed by atoms with Gasteiger partial charge in [-0.25, -0.2) is 4.98 Å². The van der Waals surface area contributed by atoms with Crippen molar-refractivity contribution in [3.05, 3.63) is 45.4 Å². The van der Waals surface area contributed by atoms with Crippen LogP contribution in [0.3, 0.4) is 0 Å². The molecule has 2 aliphatic heterocycles. The minimum absolute atomic E-state index is 0.00527. The van der Waals surface area contributed by atoms with Crippen LogP contribution in [-0.2, 0) is 19.5 Å². The monoisotopic (exact) mass is 398 g/mol. The van der Waals surface area contributed by atoms with Gasteiger partial charge >= 0.3 is 0 Å². The van der Waals surface area contributed by atoms with Crippen LogP contribution in [0.4, 0.5) is 5.95 Å². The molecule has 1 saturated heterocycles. The number of phenols is 1. The van der Waals surface area contributed by atoms with Crippen LogP contribution in [0, 0.1) is 0 Å². The maximum Gasteiger partial charge on any atom is 0.255 e. The molecule has 0 aliphatic carbocycles. The lowest BCUT2D eigenvalue weighted by atomic mass is 10.0. The van der Waals surface area contributed by atoms with Gasteiger partial charge < -0.3 is 14.7 Å². The zero-order valence-corrected chi connectivity index (χ0v) is 17.3. The molecule has 7 heteroatoms. The number of ether oxygens (including phenoxy) is 1. The third-order valence-electron chi connectivity index (χ3n) is 5.95. The van der Waals surface area contributed by atoms with Gasteiger partial charge in [0.05, 0.1) is 12.3 Å². The molecular weight excluding hydrogens is 368 g/mol. The smallest absolute Gasteiger partial charge is 0.255 e. The average molecular weight is 399 g/mol. The molecule has 1 atom stereocenters. The van der Waals surface area contributed by atoms with Crippen molar-refractivity contribution in [2.24, 2.45) is 0 Å². The second-order valence-corrected chi connectivity index (χ2v) is 8.05. The zero-order chi connectivity index (χ0) is 20.4. The van der Waals surface area contributed by atoms with E-state index in [-0.39, 0.29) is 11.3 Å². The Morgan fingerprint density at radius 2 is 2.17 bits per heavy atom. The van der Waals surface area contributed by atoms with Crippen molar-refractivity contribution >= 4 is 5.95 Å². The van der Waals surface area contributed by atoms with E-state index in [0.29, 0.717) is 37.3 Å². The second-order valence-electron chi connectivity index (χ2n) is 8.05. The first-order chi connectivity index (χ1) is 14.0. The number of nitrogens with zero attached hydrogens (tertiary/aromatic N) is 3. The molecule has 0 radical (unpaired) electrons. The molecule has 2 aromatic rings. The van der Waals surface area contributed by atoms with Gasteiger partial charge in [-0.2, -0.15) is 0 Å². The Hall–Kier alpha value is -2.54. The second kappa shape index (κ2) is 8.45. The Kier molecular flexibility index (Phi) is 5.76. The Morgan fingerprint density at radius 1 is 1.31 bits per heavy atom. The molecular formula is C22H30N4O3. The fourth-order valence-electron chi connectivity index (χ4n) is 4.35. The highest BCUT2D eigenvalue weighted by atomic mass is 16.5. The van der Waals surface area contributed by atoms with Crippen LogP contribution < -0.4 is 15.2 Å². The Balaban J connectivity index is 1.53. The molecule has 0 amide bonds. The van der Waals surface area contributed by atoms with Crippen molar-refractivity contribution in [3.8, 4) is 11.5 Å². The van der Waals surface area contributed by atoms with E-state index in [1.165, 1.54) is 6.42 Å². The fourth-order valence-corrected chi connectivity index (χ4v) is 4.35. The molecule has 29 heavy (non-hydrogen) atoms. The number of aromatic nitrogens is 2. The normalized spacial score (nSPS) is 19.8. The number of piperidine rings is 1. The first-order valence-corrected chi connectivity index (χ1v) is 10.6. The highest BCUT2D eigenvalue weighted by molar-refractivity contribution is 5.42. The Morgan fingerprint density at radius 3 is 2.97 bits per heavy atom. The van der Waals surface area contributed by atoms with E-state index in [9.17, 15) is 9.90 Å². The van der Waals surface area contributed by atoms with Gasteiger partial charge in [0.25, 0.3) is 5.56 Å². The quantitative estimate of drug-likeness (QED) is 0.806. The number of rotatable bonds is 5. The summed E-state index contributed by atoms with van der Waals surface area (Å²) >= 11 is 0. The zero-order valence-electron chi connectivity index (χ0n) is 17.3. The van der Waals surface area contributed by atoms with Crippen LogP contribution in [0.25, 0.3) is 0 Å². The summed E-state index contributed by atoms with van der Waals surface area (Å²) in [6.07, 6.45) is 4.21. The number of H-pyrrole nitrogens is 1. The van der Waals surface area contributed by atoms with Gasteiger partial charge in [-0.15, -0.1) is 0 Å². The summed E-state index contributed by atoms with van der Waals surface area (Å²) in [5.74, 6) is 1.39. The van der Waals surface area contributed by atoms with E-state index in [4.69, 9.17) is 9.72 Å². The number of phenolic OH excluding ortho intramolecular Hbond substituents is 1. The summed E-state index contributed by atoms with van der Waals surface area (Å²) in [5, 5.41) is 9.92. The molecule has 1 fully saturated rings. The van der Waals surface area contributed by atoms with Crippen molar-refractivity contribution in [3.63, 3.8) is 0 Å². The van der Waals surface area contributed by atoms with Crippen LogP contribution in [0.15, 0.2) is 23.0 Å². The van der Waals surface area contributed by atoms with Gasteiger partial charge in [-0.3, -0.25) is 14.7 Å². The summed E-state index contributed by atoms with van der Waals surface area (Å²) in [7, 11) is 0. The van der Waals surface area contributed by atoms with Crippen molar-refractivity contribution in [2.75, 3.05) is 24.6 Å². The van der Waals surface area contributed by atoms with Gasteiger partial charge in [0.2, 0.25) is 5.95 Å². The molecule has 2 N–H and O–H groups in total. The largest absolute Gasteiger partial charge is 0.504 e. The van der Waals surface area contributed by atoms with Gasteiger partial charge in [0.1, 0.15) is 0 Å². The van der Waals surface area contributed by atoms with Gasteiger partial charge in [-0.05, 0) is 57.2 Å². The molecule has 1 aromatic carbocycles. The lowest BCUT2D eigenvalue weighted by Crippen LogP contribution is -2.41. The molecule has 3 heterocycles. The standard InChI is InChI=1S/C22H30N4O3/c1-3-29-20-12-16(7-8-19(20)27)13-25-11-9-17-18(14-25)23-22(24-21(17)28)26-10-5-4-6-15(26)2/h7-8,12,15,27H,3-6,9-11,13-14H2,1-2H3,(H,23,24,28). The Bertz CT molecular complexity index is 927. The van der Waals surface area contributed by atoms with E-state index in [0.717, 1.165) is 49.3 Å². The summed E-state index contributed by atoms with van der Waals surface area (Å²) in [6.45, 7) is 7.74. The topological polar surface area (TPSA) is 81.7 Å². The van der Waals surface area contributed by atoms with Gasteiger partial charge in [0.15, 0.2) is 11.5 Å². The number of anilines is 1. The van der Waals surface area contributed by atoms with E-state index >= 15 is 0 Å². The number of aromatic hydroxyl groups is 1. The maximum atomic E-state index is 12.7. The van der Waals surface area contributed by atoms with E-state index in [2.05, 4.69) is 21.7 Å². The molecule has 4 rings (SSSR count).